The monoisotopic (exact) mass is 102 g/mol. The summed E-state index contributed by atoms with van der Waals surface area (Å²) in [5, 5.41) is 3.07. The van der Waals surface area contributed by atoms with E-state index in [9.17, 15) is 0 Å². The molecule has 0 saturated carbocycles. The molecule has 0 rings (SSSR count). The van der Waals surface area contributed by atoms with Crippen LogP contribution in [0.15, 0.2) is 0 Å². The summed E-state index contributed by atoms with van der Waals surface area (Å²) in [5.41, 5.74) is 5.37. The van der Waals surface area contributed by atoms with Crippen LogP contribution in [0.3, 0.4) is 0 Å². The minimum Gasteiger partial charge on any atom is -0.316 e. The van der Waals surface area contributed by atoms with E-state index in [2.05, 4.69) is 12.2 Å². The molecule has 1 atom stereocenters. The lowest BCUT2D eigenvalue weighted by Crippen LogP contribution is -2.34. The van der Waals surface area contributed by atoms with Gasteiger partial charge in [0, 0.05) is 0 Å². The molecule has 0 heterocycles. The molecule has 0 aliphatic carbocycles. The highest BCUT2D eigenvalue weighted by Gasteiger charge is 1.85. The fourth-order valence-corrected chi connectivity index (χ4v) is 0.372. The molecule has 0 saturated heterocycles. The van der Waals surface area contributed by atoms with Gasteiger partial charge in [0.25, 0.3) is 0 Å². The van der Waals surface area contributed by atoms with Gasteiger partial charge in [-0.25, -0.2) is 0 Å². The van der Waals surface area contributed by atoms with Gasteiger partial charge in [-0.15, -0.1) is 0 Å². The molecule has 44 valence electrons. The summed E-state index contributed by atoms with van der Waals surface area (Å²) in [4.78, 5) is 0. The van der Waals surface area contributed by atoms with Crippen LogP contribution in [0.2, 0.25) is 0 Å². The van der Waals surface area contributed by atoms with Gasteiger partial charge in [0.15, 0.2) is 0 Å². The molecular formula is C5H14N2. The smallest absolute Gasteiger partial charge is 0.0517 e. The molecule has 0 aromatic rings. The summed E-state index contributed by atoms with van der Waals surface area (Å²) in [7, 11) is 0. The first kappa shape index (κ1) is 6.92. The van der Waals surface area contributed by atoms with Gasteiger partial charge in [0.1, 0.15) is 0 Å². The Bertz CT molecular complexity index is 35.1. The molecule has 2 heteroatoms. The maximum absolute atomic E-state index is 5.37. The third-order valence-corrected chi connectivity index (χ3v) is 0.716. The van der Waals surface area contributed by atoms with E-state index < -0.39 is 0 Å². The Morgan fingerprint density at radius 3 is 2.43 bits per heavy atom. The Kier molecular flexibility index (Phi) is 4.04. The van der Waals surface area contributed by atoms with Crippen molar-refractivity contribution in [3.8, 4) is 0 Å². The summed E-state index contributed by atoms with van der Waals surface area (Å²) in [5.74, 6) is 0. The van der Waals surface area contributed by atoms with Crippen molar-refractivity contribution in [3.63, 3.8) is 0 Å². The topological polar surface area (TPSA) is 38.0 Å². The van der Waals surface area contributed by atoms with E-state index >= 15 is 0 Å². The van der Waals surface area contributed by atoms with Crippen LogP contribution in [0.4, 0.5) is 0 Å². The standard InChI is InChI=1S/C5H14N2/c1-3-4-7-5(2)6/h5,7H,3-4,6H2,1-2H3. The Balaban J connectivity index is 2.68. The van der Waals surface area contributed by atoms with Crippen LogP contribution in [-0.2, 0) is 0 Å². The molecule has 0 bridgehead atoms. The molecule has 0 aliphatic heterocycles. The van der Waals surface area contributed by atoms with E-state index in [4.69, 9.17) is 5.73 Å². The minimum absolute atomic E-state index is 0.153. The highest BCUT2D eigenvalue weighted by molar-refractivity contribution is 4.46. The zero-order valence-corrected chi connectivity index (χ0v) is 5.07. The molecule has 3 N–H and O–H groups in total. The highest BCUT2D eigenvalue weighted by atomic mass is 15.0. The molecule has 0 aromatic heterocycles. The largest absolute Gasteiger partial charge is 0.316 e. The zero-order valence-electron chi connectivity index (χ0n) is 5.07. The molecular weight excluding hydrogens is 88.1 g/mol. The van der Waals surface area contributed by atoms with E-state index in [1.54, 1.807) is 0 Å². The molecule has 0 spiro atoms. The number of hydrogen-bond acceptors (Lipinski definition) is 2. The van der Waals surface area contributed by atoms with Crippen LogP contribution in [-0.4, -0.2) is 12.7 Å². The lowest BCUT2D eigenvalue weighted by atomic mass is 10.4. The second-order valence-corrected chi connectivity index (χ2v) is 1.74. The van der Waals surface area contributed by atoms with Crippen molar-refractivity contribution in [2.75, 3.05) is 6.54 Å². The predicted molar refractivity (Wildman–Crippen MR) is 31.9 cm³/mol. The van der Waals surface area contributed by atoms with Crippen molar-refractivity contribution in [1.82, 2.24) is 5.32 Å². The molecule has 0 aliphatic rings. The Morgan fingerprint density at radius 2 is 2.29 bits per heavy atom. The second-order valence-electron chi connectivity index (χ2n) is 1.74. The van der Waals surface area contributed by atoms with Gasteiger partial charge >= 0.3 is 0 Å². The summed E-state index contributed by atoms with van der Waals surface area (Å²) in [6.07, 6.45) is 1.31. The Morgan fingerprint density at radius 1 is 1.71 bits per heavy atom. The van der Waals surface area contributed by atoms with Crippen molar-refractivity contribution >= 4 is 0 Å². The summed E-state index contributed by atoms with van der Waals surface area (Å²) in [6.45, 7) is 5.09. The van der Waals surface area contributed by atoms with Crippen molar-refractivity contribution < 1.29 is 0 Å². The van der Waals surface area contributed by atoms with E-state index in [1.165, 1.54) is 0 Å². The molecule has 7 heavy (non-hydrogen) atoms. The van der Waals surface area contributed by atoms with E-state index in [0.717, 1.165) is 13.0 Å². The summed E-state index contributed by atoms with van der Waals surface area (Å²) < 4.78 is 0. The van der Waals surface area contributed by atoms with Crippen molar-refractivity contribution in [3.05, 3.63) is 0 Å². The first-order valence-corrected chi connectivity index (χ1v) is 2.76. The van der Waals surface area contributed by atoms with Gasteiger partial charge in [-0.3, -0.25) is 0 Å². The lowest BCUT2D eigenvalue weighted by molar-refractivity contribution is 0.563. The molecule has 0 amide bonds. The lowest BCUT2D eigenvalue weighted by Gasteiger charge is -2.03. The SMILES string of the molecule is CCCNC(C)N. The molecule has 0 aromatic carbocycles. The van der Waals surface area contributed by atoms with Gasteiger partial charge in [-0.2, -0.15) is 0 Å². The number of rotatable bonds is 3. The number of nitrogens with one attached hydrogen (secondary N) is 1. The van der Waals surface area contributed by atoms with Crippen LogP contribution < -0.4 is 11.1 Å². The van der Waals surface area contributed by atoms with E-state index in [0.29, 0.717) is 0 Å². The molecule has 0 fully saturated rings. The Hall–Kier alpha value is -0.0800. The van der Waals surface area contributed by atoms with Crippen LogP contribution in [0.5, 0.6) is 0 Å². The maximum Gasteiger partial charge on any atom is 0.0517 e. The van der Waals surface area contributed by atoms with E-state index in [1.807, 2.05) is 6.92 Å². The highest BCUT2D eigenvalue weighted by Crippen LogP contribution is 1.70. The average Bonchev–Trinajstić information content (AvgIpc) is 1.61. The van der Waals surface area contributed by atoms with Crippen LogP contribution >= 0.6 is 0 Å². The van der Waals surface area contributed by atoms with Gasteiger partial charge in [-0.05, 0) is 19.9 Å². The zero-order chi connectivity index (χ0) is 5.70. The first-order chi connectivity index (χ1) is 3.27. The fraction of sp³-hybridized carbons (Fsp3) is 1.00. The van der Waals surface area contributed by atoms with Gasteiger partial charge in [-0.1, -0.05) is 6.92 Å². The minimum atomic E-state index is 0.153. The number of nitrogens with two attached hydrogens (primary N) is 1. The van der Waals surface area contributed by atoms with Gasteiger partial charge < -0.3 is 11.1 Å². The van der Waals surface area contributed by atoms with Crippen molar-refractivity contribution in [1.29, 1.82) is 0 Å². The van der Waals surface area contributed by atoms with Crippen molar-refractivity contribution in [2.24, 2.45) is 5.73 Å². The number of hydrogen-bond donors (Lipinski definition) is 2. The van der Waals surface area contributed by atoms with Gasteiger partial charge in [0.2, 0.25) is 0 Å². The van der Waals surface area contributed by atoms with E-state index in [-0.39, 0.29) is 6.17 Å². The molecule has 0 radical (unpaired) electrons. The third-order valence-electron chi connectivity index (χ3n) is 0.716. The van der Waals surface area contributed by atoms with Crippen LogP contribution in [0, 0.1) is 0 Å². The fourth-order valence-electron chi connectivity index (χ4n) is 0.372. The van der Waals surface area contributed by atoms with Gasteiger partial charge in [0.05, 0.1) is 6.17 Å². The second kappa shape index (κ2) is 4.09. The predicted octanol–water partition coefficient (Wildman–Crippen LogP) is 0.291. The Labute approximate surface area is 45.1 Å². The maximum atomic E-state index is 5.37. The molecule has 2 nitrogen and oxygen atoms in total. The average molecular weight is 102 g/mol. The summed E-state index contributed by atoms with van der Waals surface area (Å²) in [6, 6.07) is 0. The van der Waals surface area contributed by atoms with Crippen molar-refractivity contribution in [2.45, 2.75) is 26.4 Å². The third kappa shape index (κ3) is 5.92. The quantitative estimate of drug-likeness (QED) is 0.503. The van der Waals surface area contributed by atoms with Crippen LogP contribution in [0.25, 0.3) is 0 Å². The van der Waals surface area contributed by atoms with Crippen LogP contribution in [0.1, 0.15) is 20.3 Å². The first-order valence-electron chi connectivity index (χ1n) is 2.76. The summed E-state index contributed by atoms with van der Waals surface area (Å²) >= 11 is 0. The normalized spacial score (nSPS) is 14.1. The molecule has 1 unspecified atom stereocenters.